The van der Waals surface area contributed by atoms with E-state index in [1.807, 2.05) is 4.90 Å². The Labute approximate surface area is 176 Å². The van der Waals surface area contributed by atoms with Crippen molar-refractivity contribution in [2.45, 2.75) is 32.1 Å². The van der Waals surface area contributed by atoms with Gasteiger partial charge in [0.25, 0.3) is 0 Å². The number of phenols is 1. The molecule has 0 aromatic heterocycles. The van der Waals surface area contributed by atoms with E-state index in [4.69, 9.17) is 0 Å². The molecule has 30 heavy (non-hydrogen) atoms. The Morgan fingerprint density at radius 2 is 1.70 bits per heavy atom. The highest BCUT2D eigenvalue weighted by Crippen LogP contribution is 2.38. The van der Waals surface area contributed by atoms with Crippen LogP contribution < -0.4 is 0 Å². The van der Waals surface area contributed by atoms with Crippen LogP contribution in [-0.4, -0.2) is 52.9 Å². The molecule has 6 heteroatoms. The average Bonchev–Trinajstić information content (AvgIpc) is 2.72. The smallest absolute Gasteiger partial charge is 0.232 e. The van der Waals surface area contributed by atoms with Crippen LogP contribution in [0, 0.1) is 11.2 Å². The van der Waals surface area contributed by atoms with Gasteiger partial charge in [-0.2, -0.15) is 0 Å². The van der Waals surface area contributed by atoms with Gasteiger partial charge in [0.1, 0.15) is 11.6 Å². The molecular formula is C24H27FN2O3. The number of carbonyl (C=O) groups excluding carboxylic acids is 2. The van der Waals surface area contributed by atoms with E-state index in [0.29, 0.717) is 25.1 Å². The molecule has 2 aliphatic rings. The molecule has 2 aromatic carbocycles. The minimum atomic E-state index is -0.770. The molecule has 2 saturated heterocycles. The molecule has 2 heterocycles. The van der Waals surface area contributed by atoms with E-state index >= 15 is 0 Å². The van der Waals surface area contributed by atoms with Gasteiger partial charge in [-0.15, -0.1) is 0 Å². The van der Waals surface area contributed by atoms with E-state index in [1.54, 1.807) is 47.4 Å². The van der Waals surface area contributed by atoms with Crippen LogP contribution in [0.3, 0.4) is 0 Å². The fourth-order valence-electron chi connectivity index (χ4n) is 4.57. The topological polar surface area (TPSA) is 60.9 Å². The Morgan fingerprint density at radius 3 is 2.40 bits per heavy atom. The Bertz CT molecular complexity index is 934. The number of amides is 2. The predicted molar refractivity (Wildman–Crippen MR) is 111 cm³/mol. The summed E-state index contributed by atoms with van der Waals surface area (Å²) in [6, 6.07) is 13.2. The molecule has 5 nitrogen and oxygen atoms in total. The van der Waals surface area contributed by atoms with Gasteiger partial charge in [-0.05, 0) is 55.0 Å². The highest BCUT2D eigenvalue weighted by molar-refractivity contribution is 5.89. The van der Waals surface area contributed by atoms with Crippen molar-refractivity contribution >= 4 is 11.8 Å². The molecule has 158 valence electrons. The van der Waals surface area contributed by atoms with Crippen LogP contribution in [0.1, 0.15) is 30.4 Å². The second-order valence-electron chi connectivity index (χ2n) is 8.50. The lowest BCUT2D eigenvalue weighted by Gasteiger charge is -2.51. The first-order valence-corrected chi connectivity index (χ1v) is 10.6. The van der Waals surface area contributed by atoms with Crippen LogP contribution in [0.15, 0.2) is 48.5 Å². The molecule has 0 saturated carbocycles. The molecule has 0 aliphatic carbocycles. The third-order valence-corrected chi connectivity index (χ3v) is 6.19. The van der Waals surface area contributed by atoms with Gasteiger partial charge >= 0.3 is 0 Å². The van der Waals surface area contributed by atoms with Crippen molar-refractivity contribution in [2.24, 2.45) is 5.41 Å². The normalized spacial score (nSPS) is 18.0. The number of aromatic hydroxyl groups is 1. The summed E-state index contributed by atoms with van der Waals surface area (Å²) in [4.78, 5) is 29.7. The van der Waals surface area contributed by atoms with Crippen molar-refractivity contribution < 1.29 is 19.1 Å². The molecule has 2 amide bonds. The molecular weight excluding hydrogens is 383 g/mol. The lowest BCUT2D eigenvalue weighted by Crippen LogP contribution is -2.66. The number of nitrogens with zero attached hydrogens (tertiary/aromatic N) is 2. The average molecular weight is 410 g/mol. The molecule has 4 rings (SSSR count). The van der Waals surface area contributed by atoms with Gasteiger partial charge in [0.2, 0.25) is 11.8 Å². The summed E-state index contributed by atoms with van der Waals surface area (Å²) in [5, 5.41) is 9.62. The number of hydrogen-bond donors (Lipinski definition) is 1. The van der Waals surface area contributed by atoms with Crippen molar-refractivity contribution in [2.75, 3.05) is 26.2 Å². The lowest BCUT2D eigenvalue weighted by molar-refractivity contribution is -0.161. The van der Waals surface area contributed by atoms with Gasteiger partial charge in [0, 0.05) is 26.2 Å². The first-order chi connectivity index (χ1) is 14.5. The van der Waals surface area contributed by atoms with E-state index in [0.717, 1.165) is 37.9 Å². The lowest BCUT2D eigenvalue weighted by atomic mass is 9.72. The summed E-state index contributed by atoms with van der Waals surface area (Å²) in [6.45, 7) is 2.06. The largest absolute Gasteiger partial charge is 0.508 e. The second kappa shape index (κ2) is 8.46. The second-order valence-corrected chi connectivity index (χ2v) is 8.50. The van der Waals surface area contributed by atoms with Gasteiger partial charge in [-0.3, -0.25) is 9.59 Å². The minimum Gasteiger partial charge on any atom is -0.508 e. The molecule has 1 N–H and O–H groups in total. The number of phenolic OH excluding ortho intramolecular Hbond substituents is 1. The number of carbonyl (C=O) groups is 2. The predicted octanol–water partition coefficient (Wildman–Crippen LogP) is 3.16. The maximum Gasteiger partial charge on any atom is 0.232 e. The van der Waals surface area contributed by atoms with Crippen LogP contribution >= 0.6 is 0 Å². The monoisotopic (exact) mass is 410 g/mol. The first kappa shape index (κ1) is 20.4. The number of piperidine rings is 1. The Morgan fingerprint density at radius 1 is 0.967 bits per heavy atom. The molecule has 0 bridgehead atoms. The number of hydrogen-bond acceptors (Lipinski definition) is 3. The molecule has 2 aromatic rings. The number of likely N-dealkylation sites (tertiary alicyclic amines) is 2. The SMILES string of the molecule is O=C(Cc1cccc(O)c1)N1CC(Cc2ccccc2F)(C(=O)N2CCCCC2)C1. The van der Waals surface area contributed by atoms with Gasteiger partial charge < -0.3 is 14.9 Å². The van der Waals surface area contributed by atoms with E-state index in [-0.39, 0.29) is 29.8 Å². The Kier molecular flexibility index (Phi) is 5.75. The van der Waals surface area contributed by atoms with Crippen LogP contribution in [0.25, 0.3) is 0 Å². The number of benzene rings is 2. The highest BCUT2D eigenvalue weighted by Gasteiger charge is 2.52. The maximum absolute atomic E-state index is 14.3. The van der Waals surface area contributed by atoms with E-state index < -0.39 is 5.41 Å². The summed E-state index contributed by atoms with van der Waals surface area (Å²) in [5.41, 5.74) is 0.477. The van der Waals surface area contributed by atoms with Gasteiger partial charge in [0.15, 0.2) is 0 Å². The fraction of sp³-hybridized carbons (Fsp3) is 0.417. The van der Waals surface area contributed by atoms with Gasteiger partial charge in [-0.1, -0.05) is 30.3 Å². The quantitative estimate of drug-likeness (QED) is 0.824. The standard InChI is InChI=1S/C24H27FN2O3/c25-21-10-3-2-8-19(21)15-24(23(30)26-11-4-1-5-12-26)16-27(17-24)22(29)14-18-7-6-9-20(28)13-18/h2-3,6-10,13,28H,1,4-5,11-12,14-17H2. The summed E-state index contributed by atoms with van der Waals surface area (Å²) in [6.07, 6.45) is 3.56. The van der Waals surface area contributed by atoms with Crippen LogP contribution in [0.4, 0.5) is 4.39 Å². The van der Waals surface area contributed by atoms with Crippen LogP contribution in [0.2, 0.25) is 0 Å². The van der Waals surface area contributed by atoms with Crippen molar-refractivity contribution in [3.63, 3.8) is 0 Å². The number of halogens is 1. The van der Waals surface area contributed by atoms with E-state index in [1.165, 1.54) is 6.07 Å². The molecule has 2 fully saturated rings. The third-order valence-electron chi connectivity index (χ3n) is 6.19. The number of rotatable bonds is 5. The van der Waals surface area contributed by atoms with Gasteiger partial charge in [0.05, 0.1) is 11.8 Å². The summed E-state index contributed by atoms with van der Waals surface area (Å²) in [5.74, 6) is -0.242. The van der Waals surface area contributed by atoms with Gasteiger partial charge in [-0.25, -0.2) is 4.39 Å². The Hall–Kier alpha value is -2.89. The minimum absolute atomic E-state index is 0.0341. The molecule has 0 radical (unpaired) electrons. The van der Waals surface area contributed by atoms with Crippen molar-refractivity contribution in [3.05, 3.63) is 65.5 Å². The zero-order valence-corrected chi connectivity index (χ0v) is 17.0. The van der Waals surface area contributed by atoms with Crippen LogP contribution in [0.5, 0.6) is 5.75 Å². The highest BCUT2D eigenvalue weighted by atomic mass is 19.1. The molecule has 0 spiro atoms. The van der Waals surface area contributed by atoms with E-state index in [9.17, 15) is 19.1 Å². The summed E-state index contributed by atoms with van der Waals surface area (Å²) < 4.78 is 14.3. The maximum atomic E-state index is 14.3. The van der Waals surface area contributed by atoms with Crippen LogP contribution in [-0.2, 0) is 22.4 Å². The molecule has 2 aliphatic heterocycles. The fourth-order valence-corrected chi connectivity index (χ4v) is 4.57. The summed E-state index contributed by atoms with van der Waals surface area (Å²) in [7, 11) is 0. The first-order valence-electron chi connectivity index (χ1n) is 10.6. The Balaban J connectivity index is 1.50. The summed E-state index contributed by atoms with van der Waals surface area (Å²) >= 11 is 0. The molecule has 0 atom stereocenters. The van der Waals surface area contributed by atoms with Crippen molar-refractivity contribution in [3.8, 4) is 5.75 Å². The zero-order valence-electron chi connectivity index (χ0n) is 17.0. The molecule has 0 unspecified atom stereocenters. The zero-order chi connectivity index (χ0) is 21.1. The van der Waals surface area contributed by atoms with Crippen molar-refractivity contribution in [1.29, 1.82) is 0 Å². The van der Waals surface area contributed by atoms with E-state index in [2.05, 4.69) is 0 Å². The van der Waals surface area contributed by atoms with Crippen molar-refractivity contribution in [1.82, 2.24) is 9.80 Å². The third kappa shape index (κ3) is 4.18.